The van der Waals surface area contributed by atoms with E-state index in [9.17, 15) is 8.22 Å². The Morgan fingerprint density at radius 2 is 2.12 bits per heavy atom. The monoisotopic (exact) mass is 135 g/mol. The van der Waals surface area contributed by atoms with E-state index in [2.05, 4.69) is 0 Å². The highest BCUT2D eigenvalue weighted by Gasteiger charge is 2.04. The highest BCUT2D eigenvalue weighted by Crippen LogP contribution is 2.01. The number of nitrogens with zero attached hydrogens (tertiary/aromatic N) is 1. The molecule has 0 N–H and O–H groups in total. The van der Waals surface area contributed by atoms with Crippen molar-refractivity contribution >= 4 is 9.46 Å². The van der Waals surface area contributed by atoms with Gasteiger partial charge >= 0.3 is 9.46 Å². The summed E-state index contributed by atoms with van der Waals surface area (Å²) in [5.74, 6) is 0. The zero-order valence-electron chi connectivity index (χ0n) is 4.40. The number of halogens is 2. The lowest BCUT2D eigenvalue weighted by molar-refractivity contribution is 0.643. The van der Waals surface area contributed by atoms with Crippen molar-refractivity contribution < 1.29 is 8.22 Å². The molecule has 0 atom stereocenters. The van der Waals surface area contributed by atoms with E-state index in [0.717, 1.165) is 0 Å². The van der Waals surface area contributed by atoms with E-state index in [-0.39, 0.29) is 12.5 Å². The molecule has 0 aromatic heterocycles. The van der Waals surface area contributed by atoms with Crippen LogP contribution in [0.4, 0.5) is 8.22 Å². The molecule has 1 nitrogen and oxygen atoms in total. The molecule has 4 heteroatoms. The number of nitriles is 1. The molecule has 0 rings (SSSR count). The Hall–Kier alpha value is -0.433. The lowest BCUT2D eigenvalue weighted by atomic mass is 10.4. The van der Waals surface area contributed by atoms with Gasteiger partial charge in [0.15, 0.2) is 0 Å². The molecule has 0 amide bonds. The van der Waals surface area contributed by atoms with Crippen LogP contribution in [-0.2, 0) is 0 Å². The van der Waals surface area contributed by atoms with E-state index in [1.165, 1.54) is 0 Å². The van der Waals surface area contributed by atoms with Crippen molar-refractivity contribution in [2.45, 2.75) is 18.9 Å². The molecule has 8 heavy (non-hydrogen) atoms. The van der Waals surface area contributed by atoms with Gasteiger partial charge in [-0.15, -0.1) is 0 Å². The van der Waals surface area contributed by atoms with Gasteiger partial charge < -0.3 is 0 Å². The second kappa shape index (κ2) is 4.72. The maximum Gasteiger partial charge on any atom is 0.411 e. The first-order valence-electron chi connectivity index (χ1n) is 2.42. The summed E-state index contributed by atoms with van der Waals surface area (Å²) in [7, 11) is -3.35. The van der Waals surface area contributed by atoms with Crippen LogP contribution in [0.3, 0.4) is 0 Å². The van der Waals surface area contributed by atoms with E-state index in [0.29, 0.717) is 6.42 Å². The molecule has 0 saturated carbocycles. The Kier molecular flexibility index (Phi) is 4.46. The maximum absolute atomic E-state index is 11.4. The van der Waals surface area contributed by atoms with Crippen LogP contribution in [0, 0.1) is 11.3 Å². The molecule has 0 radical (unpaired) electrons. The molecule has 0 aromatic carbocycles. The number of hydrogen-bond acceptors (Lipinski definition) is 1. The summed E-state index contributed by atoms with van der Waals surface area (Å²) in [5.41, 5.74) is 0. The summed E-state index contributed by atoms with van der Waals surface area (Å²) in [5, 5.41) is 7.90. The van der Waals surface area contributed by atoms with Gasteiger partial charge in [-0.3, -0.25) is 8.22 Å². The second-order valence-electron chi connectivity index (χ2n) is 1.44. The van der Waals surface area contributed by atoms with Crippen LogP contribution in [0.2, 0.25) is 6.04 Å². The fraction of sp³-hybridized carbons (Fsp3) is 0.750. The van der Waals surface area contributed by atoms with Crippen LogP contribution in [0.25, 0.3) is 0 Å². The summed E-state index contributed by atoms with van der Waals surface area (Å²) < 4.78 is 22.8. The standard InChI is InChI=1S/C4H7F2NSi/c5-8(6)4-2-1-3-7/h8H,1-2,4H2. The van der Waals surface area contributed by atoms with Crippen molar-refractivity contribution in [1.29, 1.82) is 5.26 Å². The summed E-state index contributed by atoms with van der Waals surface area (Å²) in [6.07, 6.45) is 0.651. The minimum Gasteiger partial charge on any atom is -0.275 e. The van der Waals surface area contributed by atoms with E-state index in [1.54, 1.807) is 0 Å². The molecular formula is C4H7F2NSi. The highest BCUT2D eigenvalue weighted by atomic mass is 28.4. The molecule has 0 saturated heterocycles. The first kappa shape index (κ1) is 7.57. The minimum absolute atomic E-state index is 0.00639. The maximum atomic E-state index is 11.4. The molecule has 0 heterocycles. The summed E-state index contributed by atoms with van der Waals surface area (Å²) >= 11 is 0. The number of unbranched alkanes of at least 4 members (excludes halogenated alkanes) is 1. The molecule has 46 valence electrons. The Morgan fingerprint density at radius 3 is 2.50 bits per heavy atom. The summed E-state index contributed by atoms with van der Waals surface area (Å²) in [4.78, 5) is 0. The smallest absolute Gasteiger partial charge is 0.275 e. The summed E-state index contributed by atoms with van der Waals surface area (Å²) in [6, 6.07) is 1.81. The molecule has 0 aliphatic rings. The van der Waals surface area contributed by atoms with Crippen molar-refractivity contribution in [3.63, 3.8) is 0 Å². The average molecular weight is 135 g/mol. The first-order chi connectivity index (χ1) is 3.77. The molecule has 0 aromatic rings. The molecule has 0 aliphatic heterocycles. The van der Waals surface area contributed by atoms with Crippen LogP contribution >= 0.6 is 0 Å². The second-order valence-corrected chi connectivity index (χ2v) is 2.80. The molecular weight excluding hydrogens is 128 g/mol. The zero-order valence-corrected chi connectivity index (χ0v) is 5.56. The topological polar surface area (TPSA) is 23.8 Å². The van der Waals surface area contributed by atoms with Crippen molar-refractivity contribution in [2.24, 2.45) is 0 Å². The van der Waals surface area contributed by atoms with Gasteiger partial charge in [0.25, 0.3) is 0 Å². The van der Waals surface area contributed by atoms with Crippen molar-refractivity contribution in [3.05, 3.63) is 0 Å². The van der Waals surface area contributed by atoms with Crippen LogP contribution < -0.4 is 0 Å². The van der Waals surface area contributed by atoms with Crippen LogP contribution in [0.5, 0.6) is 0 Å². The van der Waals surface area contributed by atoms with Gasteiger partial charge in [-0.2, -0.15) is 5.26 Å². The third-order valence-corrected chi connectivity index (χ3v) is 1.56. The van der Waals surface area contributed by atoms with Gasteiger partial charge in [-0.25, -0.2) is 0 Å². The number of rotatable bonds is 3. The quantitative estimate of drug-likeness (QED) is 0.326. The average Bonchev–Trinajstić information content (AvgIpc) is 1.66. The largest absolute Gasteiger partial charge is 0.411 e. The minimum atomic E-state index is -3.35. The molecule has 0 fully saturated rings. The Morgan fingerprint density at radius 1 is 1.50 bits per heavy atom. The van der Waals surface area contributed by atoms with Crippen molar-refractivity contribution in [2.75, 3.05) is 0 Å². The van der Waals surface area contributed by atoms with Crippen LogP contribution in [0.1, 0.15) is 12.8 Å². The third kappa shape index (κ3) is 5.57. The van der Waals surface area contributed by atoms with Gasteiger partial charge in [0.1, 0.15) is 0 Å². The van der Waals surface area contributed by atoms with Gasteiger partial charge in [0, 0.05) is 6.42 Å². The van der Waals surface area contributed by atoms with Crippen LogP contribution in [-0.4, -0.2) is 9.46 Å². The fourth-order valence-electron chi connectivity index (χ4n) is 0.335. The van der Waals surface area contributed by atoms with Crippen molar-refractivity contribution in [3.8, 4) is 6.07 Å². The molecule has 0 unspecified atom stereocenters. The lowest BCUT2D eigenvalue weighted by Crippen LogP contribution is -1.93. The van der Waals surface area contributed by atoms with Gasteiger partial charge in [0.05, 0.1) is 6.07 Å². The molecule has 0 spiro atoms. The van der Waals surface area contributed by atoms with Gasteiger partial charge in [-0.1, -0.05) is 0 Å². The fourth-order valence-corrected chi connectivity index (χ4v) is 0.848. The van der Waals surface area contributed by atoms with E-state index < -0.39 is 9.46 Å². The van der Waals surface area contributed by atoms with Gasteiger partial charge in [-0.05, 0) is 12.5 Å². The summed E-state index contributed by atoms with van der Waals surface area (Å²) in [6.45, 7) is 0. The lowest BCUT2D eigenvalue weighted by Gasteiger charge is -1.88. The molecule has 0 aliphatic carbocycles. The van der Waals surface area contributed by atoms with Gasteiger partial charge in [0.2, 0.25) is 0 Å². The SMILES string of the molecule is N#CCCC[SiH](F)F. The third-order valence-electron chi connectivity index (χ3n) is 0.711. The number of hydrogen-bond donors (Lipinski definition) is 0. The Labute approximate surface area is 48.9 Å². The normalized spacial score (nSPS) is 9.25. The molecule has 0 bridgehead atoms. The van der Waals surface area contributed by atoms with E-state index in [1.807, 2.05) is 6.07 Å². The Balaban J connectivity index is 2.85. The van der Waals surface area contributed by atoms with Crippen molar-refractivity contribution in [1.82, 2.24) is 0 Å². The first-order valence-corrected chi connectivity index (χ1v) is 4.11. The zero-order chi connectivity index (χ0) is 6.41. The predicted octanol–water partition coefficient (Wildman–Crippen LogP) is 1.45. The van der Waals surface area contributed by atoms with E-state index >= 15 is 0 Å². The Bertz CT molecular complexity index is 88.5. The van der Waals surface area contributed by atoms with E-state index in [4.69, 9.17) is 5.26 Å². The highest BCUT2D eigenvalue weighted by molar-refractivity contribution is 6.42. The predicted molar refractivity (Wildman–Crippen MR) is 29.0 cm³/mol. The van der Waals surface area contributed by atoms with Crippen LogP contribution in [0.15, 0.2) is 0 Å².